The van der Waals surface area contributed by atoms with Crippen LogP contribution in [0.2, 0.25) is 10.3 Å². The second kappa shape index (κ2) is 14.1. The first-order chi connectivity index (χ1) is 22.2. The van der Waals surface area contributed by atoms with Gasteiger partial charge in [0.25, 0.3) is 0 Å². The molecule has 6 rings (SSSR count). The number of imidazole rings is 1. The highest BCUT2D eigenvalue weighted by Crippen LogP contribution is 2.43. The number of halogens is 2. The van der Waals surface area contributed by atoms with Gasteiger partial charge in [-0.1, -0.05) is 121 Å². The molecule has 0 amide bonds. The Labute approximate surface area is 278 Å². The van der Waals surface area contributed by atoms with Crippen molar-refractivity contribution in [2.75, 3.05) is 0 Å². The van der Waals surface area contributed by atoms with Gasteiger partial charge in [-0.2, -0.15) is 0 Å². The lowest BCUT2D eigenvalue weighted by Crippen LogP contribution is -2.39. The van der Waals surface area contributed by atoms with E-state index < -0.39 is 16.3 Å². The molecule has 8 nitrogen and oxygen atoms in total. The summed E-state index contributed by atoms with van der Waals surface area (Å²) in [6.45, 7) is 2.60. The van der Waals surface area contributed by atoms with E-state index in [-0.39, 0.29) is 41.3 Å². The Morgan fingerprint density at radius 3 is 2.22 bits per heavy atom. The second-order valence-electron chi connectivity index (χ2n) is 11.2. The smallest absolute Gasteiger partial charge is 0.240 e. The van der Waals surface area contributed by atoms with Crippen LogP contribution in [0.1, 0.15) is 41.6 Å². The van der Waals surface area contributed by atoms with E-state index in [2.05, 4.69) is 16.6 Å². The first-order valence-electron chi connectivity index (χ1n) is 14.8. The zero-order valence-electron chi connectivity index (χ0n) is 25.0. The van der Waals surface area contributed by atoms with Gasteiger partial charge >= 0.3 is 0 Å². The number of ether oxygens (including phenoxy) is 2. The van der Waals surface area contributed by atoms with Crippen LogP contribution in [-0.2, 0) is 39.2 Å². The predicted molar refractivity (Wildman–Crippen MR) is 178 cm³/mol. The molecule has 238 valence electrons. The Bertz CT molecular complexity index is 1880. The van der Waals surface area contributed by atoms with Crippen LogP contribution < -0.4 is 4.72 Å². The Morgan fingerprint density at radius 1 is 0.870 bits per heavy atom. The molecule has 0 aliphatic carbocycles. The molecule has 1 aliphatic rings. The average Bonchev–Trinajstić information content (AvgIpc) is 3.41. The number of aliphatic hydroxyl groups excluding tert-OH is 1. The fourth-order valence-corrected chi connectivity index (χ4v) is 6.96. The average molecular weight is 679 g/mol. The molecule has 11 heteroatoms. The maximum absolute atomic E-state index is 12.8. The third-order valence-corrected chi connectivity index (χ3v) is 10.4. The molecule has 1 aliphatic heterocycles. The van der Waals surface area contributed by atoms with Gasteiger partial charge in [-0.25, -0.2) is 18.1 Å². The summed E-state index contributed by atoms with van der Waals surface area (Å²) >= 11 is 12.5. The van der Waals surface area contributed by atoms with Crippen LogP contribution in [0.3, 0.4) is 0 Å². The number of aromatic nitrogens is 2. The summed E-state index contributed by atoms with van der Waals surface area (Å²) in [5.74, 6) is -0.0562. The van der Waals surface area contributed by atoms with Gasteiger partial charge in [0.05, 0.1) is 36.6 Å². The van der Waals surface area contributed by atoms with Crippen LogP contribution in [0.5, 0.6) is 0 Å². The minimum atomic E-state index is -3.66. The molecule has 4 atom stereocenters. The minimum absolute atomic E-state index is 0.0377. The van der Waals surface area contributed by atoms with Gasteiger partial charge < -0.3 is 19.1 Å². The molecular formula is C35H33Cl2N3O5S. The number of rotatable bonds is 10. The lowest BCUT2D eigenvalue weighted by molar-refractivity contribution is -0.276. The van der Waals surface area contributed by atoms with Gasteiger partial charge in [0.15, 0.2) is 11.4 Å². The van der Waals surface area contributed by atoms with Crippen molar-refractivity contribution in [3.63, 3.8) is 0 Å². The normalized spacial score (nSPS) is 20.1. The quantitative estimate of drug-likeness (QED) is 0.161. The molecule has 1 fully saturated rings. The molecule has 0 saturated carbocycles. The maximum atomic E-state index is 12.8. The molecule has 0 radical (unpaired) electrons. The minimum Gasteiger partial charge on any atom is -0.392 e. The number of hydrogen-bond acceptors (Lipinski definition) is 6. The molecule has 5 aromatic rings. The summed E-state index contributed by atoms with van der Waals surface area (Å²) in [5.41, 5.74) is 5.30. The van der Waals surface area contributed by atoms with Crippen molar-refractivity contribution >= 4 is 33.2 Å². The fraction of sp³-hybridized carbons (Fsp3) is 0.229. The monoisotopic (exact) mass is 677 g/mol. The van der Waals surface area contributed by atoms with Gasteiger partial charge in [0.1, 0.15) is 5.15 Å². The number of aliphatic hydroxyl groups is 1. The van der Waals surface area contributed by atoms with Gasteiger partial charge in [-0.3, -0.25) is 0 Å². The molecule has 1 aromatic heterocycles. The van der Waals surface area contributed by atoms with E-state index in [9.17, 15) is 13.5 Å². The lowest BCUT2D eigenvalue weighted by Gasteiger charge is -2.41. The van der Waals surface area contributed by atoms with E-state index in [1.165, 1.54) is 0 Å². The summed E-state index contributed by atoms with van der Waals surface area (Å²) in [5, 5.41) is 10.1. The van der Waals surface area contributed by atoms with E-state index in [1.807, 2.05) is 72.8 Å². The topological polar surface area (TPSA) is 103 Å². The largest absolute Gasteiger partial charge is 0.392 e. The van der Waals surface area contributed by atoms with Crippen molar-refractivity contribution in [1.29, 1.82) is 0 Å². The maximum Gasteiger partial charge on any atom is 0.240 e. The van der Waals surface area contributed by atoms with Crippen LogP contribution in [0.4, 0.5) is 0 Å². The van der Waals surface area contributed by atoms with E-state index in [1.54, 1.807) is 41.2 Å². The summed E-state index contributed by atoms with van der Waals surface area (Å²) < 4.78 is 43.3. The number of hydrogen-bond donors (Lipinski definition) is 2. The summed E-state index contributed by atoms with van der Waals surface area (Å²) in [4.78, 5) is 4.34. The molecule has 46 heavy (non-hydrogen) atoms. The van der Waals surface area contributed by atoms with Gasteiger partial charge in [0.2, 0.25) is 10.0 Å². The Kier molecular flexibility index (Phi) is 9.91. The van der Waals surface area contributed by atoms with Crippen molar-refractivity contribution in [3.05, 3.63) is 142 Å². The molecule has 0 unspecified atom stereocenters. The predicted octanol–water partition coefficient (Wildman–Crippen LogP) is 7.32. The Hall–Kier alpha value is -3.54. The third kappa shape index (κ3) is 7.06. The van der Waals surface area contributed by atoms with Crippen LogP contribution in [0.25, 0.3) is 11.1 Å². The first-order valence-corrected chi connectivity index (χ1v) is 17.1. The summed E-state index contributed by atoms with van der Waals surface area (Å²) in [6, 6.07) is 31.6. The van der Waals surface area contributed by atoms with Crippen LogP contribution in [0, 0.1) is 5.92 Å². The highest BCUT2D eigenvalue weighted by atomic mass is 35.5. The molecule has 0 bridgehead atoms. The van der Waals surface area contributed by atoms with Crippen molar-refractivity contribution < 1.29 is 23.0 Å². The van der Waals surface area contributed by atoms with Crippen LogP contribution in [0.15, 0.2) is 114 Å². The van der Waals surface area contributed by atoms with Crippen LogP contribution in [-0.4, -0.2) is 29.2 Å². The Morgan fingerprint density at radius 2 is 1.54 bits per heavy atom. The SMILES string of the molecule is C[C@@H]1[C@H](Cn2cnc(Cl)c2Cl)O[C@H](c2ccc(-c3ccccc3CNS(=O)(=O)c3ccccc3)cc2)O[C@@H]1c1ccc(CO)cc1. The lowest BCUT2D eigenvalue weighted by atomic mass is 9.90. The highest BCUT2D eigenvalue weighted by Gasteiger charge is 2.39. The van der Waals surface area contributed by atoms with E-state index >= 15 is 0 Å². The zero-order valence-corrected chi connectivity index (χ0v) is 27.3. The van der Waals surface area contributed by atoms with Gasteiger partial charge in [-0.15, -0.1) is 0 Å². The number of benzene rings is 4. The molecule has 2 N–H and O–H groups in total. The zero-order chi connectivity index (χ0) is 32.3. The van der Waals surface area contributed by atoms with E-state index in [0.717, 1.165) is 33.4 Å². The van der Waals surface area contributed by atoms with Crippen molar-refractivity contribution in [2.45, 2.75) is 50.0 Å². The van der Waals surface area contributed by atoms with Gasteiger partial charge in [-0.05, 0) is 39.9 Å². The van der Waals surface area contributed by atoms with E-state index in [0.29, 0.717) is 11.7 Å². The molecule has 0 spiro atoms. The number of nitrogens with zero attached hydrogens (tertiary/aromatic N) is 2. The molecule has 1 saturated heterocycles. The first kappa shape index (κ1) is 32.4. The highest BCUT2D eigenvalue weighted by molar-refractivity contribution is 7.89. The number of nitrogens with one attached hydrogen (secondary N) is 1. The third-order valence-electron chi connectivity index (χ3n) is 8.25. The van der Waals surface area contributed by atoms with Crippen molar-refractivity contribution in [1.82, 2.24) is 14.3 Å². The summed E-state index contributed by atoms with van der Waals surface area (Å²) in [6.07, 6.45) is 0.334. The second-order valence-corrected chi connectivity index (χ2v) is 13.7. The Balaban J connectivity index is 1.25. The molecular weight excluding hydrogens is 645 g/mol. The van der Waals surface area contributed by atoms with Gasteiger partial charge in [0, 0.05) is 18.0 Å². The molecule has 4 aromatic carbocycles. The van der Waals surface area contributed by atoms with Crippen LogP contribution >= 0.6 is 23.2 Å². The summed E-state index contributed by atoms with van der Waals surface area (Å²) in [7, 11) is -3.66. The number of sulfonamides is 1. The standard InChI is InChI=1S/C35H33Cl2N3O5S/c1-23-31(20-40-22-38-33(36)34(40)37)44-35(45-32(23)26-13-11-24(21-41)12-14-26)27-17-15-25(16-18-27)30-10-6-5-7-28(30)19-39-46(42,43)29-8-3-2-4-9-29/h2-18,22-23,31-32,35,39,41H,19-21H2,1H3/t23-,31+,32+,35+/m1/s1. The fourth-order valence-electron chi connectivity index (χ4n) is 5.62. The molecule has 2 heterocycles. The van der Waals surface area contributed by atoms with Crippen molar-refractivity contribution in [3.8, 4) is 11.1 Å². The van der Waals surface area contributed by atoms with E-state index in [4.69, 9.17) is 32.7 Å². The van der Waals surface area contributed by atoms with Crippen molar-refractivity contribution in [2.24, 2.45) is 5.92 Å².